The summed E-state index contributed by atoms with van der Waals surface area (Å²) in [4.78, 5) is 9.67. The number of benzene rings is 1. The van der Waals surface area contributed by atoms with Crippen LogP contribution in [0, 0.1) is 17.7 Å². The van der Waals surface area contributed by atoms with E-state index < -0.39 is 24.4 Å². The lowest BCUT2D eigenvalue weighted by Crippen LogP contribution is -2.25. The van der Waals surface area contributed by atoms with E-state index in [1.165, 1.54) is 47.8 Å². The van der Waals surface area contributed by atoms with Gasteiger partial charge in [0, 0.05) is 17.3 Å². The molecule has 0 aliphatic rings. The molecule has 0 spiro atoms. The van der Waals surface area contributed by atoms with Crippen LogP contribution in [0.3, 0.4) is 0 Å². The van der Waals surface area contributed by atoms with Crippen molar-refractivity contribution in [2.75, 3.05) is 11.4 Å². The molecule has 0 saturated carbocycles. The SMILES string of the molecule is CC(C)(O)C#Cc1cc(N(CC(F)F)c2nc3nncn3c3c(Cl)cc(F)cc23)ccn1. The van der Waals surface area contributed by atoms with Crippen molar-refractivity contribution in [2.24, 2.45) is 0 Å². The summed E-state index contributed by atoms with van der Waals surface area (Å²) in [7, 11) is 0. The number of alkyl halides is 2. The molecule has 0 radical (unpaired) electrons. The molecule has 0 saturated heterocycles. The fourth-order valence-electron chi connectivity index (χ4n) is 3.13. The van der Waals surface area contributed by atoms with E-state index >= 15 is 0 Å². The third kappa shape index (κ3) is 4.44. The fourth-order valence-corrected chi connectivity index (χ4v) is 3.43. The van der Waals surface area contributed by atoms with Gasteiger partial charge in [0.2, 0.25) is 0 Å². The maximum Gasteiger partial charge on any atom is 0.257 e. The van der Waals surface area contributed by atoms with Gasteiger partial charge in [-0.2, -0.15) is 4.98 Å². The molecule has 0 aliphatic heterocycles. The maximum atomic E-state index is 14.2. The number of anilines is 2. The number of aliphatic hydroxyl groups is 1. The predicted molar refractivity (Wildman–Crippen MR) is 114 cm³/mol. The number of aromatic nitrogens is 5. The fraction of sp³-hybridized carbons (Fsp3) is 0.238. The van der Waals surface area contributed by atoms with Crippen LogP contribution in [-0.4, -0.2) is 48.2 Å². The molecule has 3 aromatic heterocycles. The molecule has 1 N–H and O–H groups in total. The van der Waals surface area contributed by atoms with E-state index in [0.717, 1.165) is 12.1 Å². The average Bonchev–Trinajstić information content (AvgIpc) is 3.17. The quantitative estimate of drug-likeness (QED) is 0.464. The Morgan fingerprint density at radius 3 is 2.78 bits per heavy atom. The molecule has 7 nitrogen and oxygen atoms in total. The molecule has 4 rings (SSSR count). The van der Waals surface area contributed by atoms with Crippen LogP contribution in [0.1, 0.15) is 19.5 Å². The van der Waals surface area contributed by atoms with Crippen LogP contribution >= 0.6 is 11.6 Å². The number of fused-ring (bicyclic) bond motifs is 3. The normalized spacial score (nSPS) is 11.8. The van der Waals surface area contributed by atoms with E-state index in [2.05, 4.69) is 32.0 Å². The highest BCUT2D eigenvalue weighted by molar-refractivity contribution is 6.35. The van der Waals surface area contributed by atoms with Gasteiger partial charge in [-0.05, 0) is 44.0 Å². The second-order valence-corrected chi connectivity index (χ2v) is 7.84. The summed E-state index contributed by atoms with van der Waals surface area (Å²) in [5.74, 6) is 4.81. The van der Waals surface area contributed by atoms with Crippen molar-refractivity contribution in [3.63, 3.8) is 0 Å². The number of nitrogens with zero attached hydrogens (tertiary/aromatic N) is 6. The number of pyridine rings is 1. The van der Waals surface area contributed by atoms with Gasteiger partial charge in [-0.15, -0.1) is 10.2 Å². The third-order valence-electron chi connectivity index (χ3n) is 4.37. The van der Waals surface area contributed by atoms with Gasteiger partial charge in [-0.1, -0.05) is 17.5 Å². The molecule has 0 atom stereocenters. The van der Waals surface area contributed by atoms with E-state index in [4.69, 9.17) is 11.6 Å². The highest BCUT2D eigenvalue weighted by Gasteiger charge is 2.23. The van der Waals surface area contributed by atoms with Crippen LogP contribution in [0.25, 0.3) is 16.7 Å². The number of rotatable bonds is 4. The van der Waals surface area contributed by atoms with E-state index in [1.807, 2.05) is 0 Å². The van der Waals surface area contributed by atoms with Crippen LogP contribution in [0.2, 0.25) is 5.02 Å². The Morgan fingerprint density at radius 2 is 2.06 bits per heavy atom. The molecule has 4 aromatic rings. The van der Waals surface area contributed by atoms with Crippen molar-refractivity contribution < 1.29 is 18.3 Å². The highest BCUT2D eigenvalue weighted by atomic mass is 35.5. The van der Waals surface area contributed by atoms with Crippen LogP contribution in [0.15, 0.2) is 36.8 Å². The number of hydrogen-bond donors (Lipinski definition) is 1. The summed E-state index contributed by atoms with van der Waals surface area (Å²) in [5, 5.41) is 17.8. The number of hydrogen-bond acceptors (Lipinski definition) is 6. The summed E-state index contributed by atoms with van der Waals surface area (Å²) in [6, 6.07) is 5.25. The summed E-state index contributed by atoms with van der Waals surface area (Å²) in [6.07, 6.45) is 0.00375. The lowest BCUT2D eigenvalue weighted by atomic mass is 10.1. The van der Waals surface area contributed by atoms with Crippen molar-refractivity contribution in [3.05, 3.63) is 53.3 Å². The number of halogens is 4. The molecular weight excluding hydrogens is 445 g/mol. The van der Waals surface area contributed by atoms with E-state index in [9.17, 15) is 18.3 Å². The minimum Gasteiger partial charge on any atom is -0.378 e. The van der Waals surface area contributed by atoms with Gasteiger partial charge in [0.25, 0.3) is 12.2 Å². The van der Waals surface area contributed by atoms with Crippen molar-refractivity contribution in [2.45, 2.75) is 25.9 Å². The zero-order valence-electron chi connectivity index (χ0n) is 16.9. The monoisotopic (exact) mass is 460 g/mol. The molecule has 0 fully saturated rings. The predicted octanol–water partition coefficient (Wildman–Crippen LogP) is 3.99. The van der Waals surface area contributed by atoms with Gasteiger partial charge in [0.15, 0.2) is 0 Å². The lowest BCUT2D eigenvalue weighted by molar-refractivity contribution is 0.143. The lowest BCUT2D eigenvalue weighted by Gasteiger charge is -2.25. The van der Waals surface area contributed by atoms with Crippen LogP contribution in [0.5, 0.6) is 0 Å². The Kier molecular flexibility index (Phi) is 5.62. The van der Waals surface area contributed by atoms with E-state index in [1.54, 1.807) is 0 Å². The topological polar surface area (TPSA) is 79.4 Å². The maximum absolute atomic E-state index is 14.2. The van der Waals surface area contributed by atoms with Gasteiger partial charge < -0.3 is 10.0 Å². The summed E-state index contributed by atoms with van der Waals surface area (Å²) in [5.41, 5.74) is -0.391. The largest absolute Gasteiger partial charge is 0.378 e. The zero-order chi connectivity index (χ0) is 23.0. The van der Waals surface area contributed by atoms with Gasteiger partial charge in [0.05, 0.1) is 17.1 Å². The van der Waals surface area contributed by atoms with Crippen LogP contribution < -0.4 is 4.90 Å². The molecule has 0 bridgehead atoms. The molecular formula is C21H16ClF3N6O. The Bertz CT molecular complexity index is 1370. The molecule has 11 heteroatoms. The molecule has 0 amide bonds. The van der Waals surface area contributed by atoms with E-state index in [-0.39, 0.29) is 27.7 Å². The first kappa shape index (κ1) is 21.8. The Labute approximate surface area is 185 Å². The van der Waals surface area contributed by atoms with Crippen molar-refractivity contribution in [3.8, 4) is 11.8 Å². The first-order chi connectivity index (χ1) is 15.1. The van der Waals surface area contributed by atoms with Crippen molar-refractivity contribution in [1.82, 2.24) is 24.6 Å². The molecule has 32 heavy (non-hydrogen) atoms. The van der Waals surface area contributed by atoms with Gasteiger partial charge in [0.1, 0.15) is 29.3 Å². The average molecular weight is 461 g/mol. The third-order valence-corrected chi connectivity index (χ3v) is 4.66. The standard InChI is InChI=1S/C21H16ClF3N6O/c1-21(2,32)5-3-13-9-14(4-6-26-13)30(10-17(24)25)19-15-7-12(23)8-16(22)18(15)31-11-27-29-20(31)28-19/h4,6-9,11,17,32H,10H2,1-2H3. The molecule has 1 aromatic carbocycles. The second kappa shape index (κ2) is 8.26. The summed E-state index contributed by atoms with van der Waals surface area (Å²) in [6.45, 7) is 2.27. The second-order valence-electron chi connectivity index (χ2n) is 7.43. The highest BCUT2D eigenvalue weighted by Crippen LogP contribution is 2.35. The summed E-state index contributed by atoms with van der Waals surface area (Å²) >= 11 is 6.27. The molecule has 0 aliphatic carbocycles. The van der Waals surface area contributed by atoms with E-state index in [0.29, 0.717) is 11.2 Å². The minimum atomic E-state index is -2.75. The molecule has 3 heterocycles. The molecule has 0 unspecified atom stereocenters. The van der Waals surface area contributed by atoms with Gasteiger partial charge in [-0.25, -0.2) is 18.2 Å². The Hall–Kier alpha value is -3.42. The summed E-state index contributed by atoms with van der Waals surface area (Å²) < 4.78 is 42.9. The van der Waals surface area contributed by atoms with Crippen molar-refractivity contribution >= 4 is 39.8 Å². The first-order valence-corrected chi connectivity index (χ1v) is 9.76. The van der Waals surface area contributed by atoms with Crippen molar-refractivity contribution in [1.29, 1.82) is 0 Å². The Morgan fingerprint density at radius 1 is 1.28 bits per heavy atom. The smallest absolute Gasteiger partial charge is 0.257 e. The Balaban J connectivity index is 1.96. The van der Waals surface area contributed by atoms with Gasteiger partial charge in [-0.3, -0.25) is 4.40 Å². The van der Waals surface area contributed by atoms with Gasteiger partial charge >= 0.3 is 0 Å². The first-order valence-electron chi connectivity index (χ1n) is 9.38. The molecule has 164 valence electrons. The van der Waals surface area contributed by atoms with Crippen LogP contribution in [-0.2, 0) is 0 Å². The minimum absolute atomic E-state index is 0.0230. The zero-order valence-corrected chi connectivity index (χ0v) is 17.6. The van der Waals surface area contributed by atoms with Crippen LogP contribution in [0.4, 0.5) is 24.7 Å².